The van der Waals surface area contributed by atoms with E-state index in [1.54, 1.807) is 6.07 Å². The third kappa shape index (κ3) is 2.06. The molecule has 2 aromatic rings. The Bertz CT molecular complexity index is 513. The van der Waals surface area contributed by atoms with E-state index >= 15 is 0 Å². The fourth-order valence-corrected chi connectivity index (χ4v) is 1.51. The predicted octanol–water partition coefficient (Wildman–Crippen LogP) is 2.67. The Balaban J connectivity index is 2.34. The summed E-state index contributed by atoms with van der Waals surface area (Å²) < 4.78 is 10.4. The first-order chi connectivity index (χ1) is 7.70. The summed E-state index contributed by atoms with van der Waals surface area (Å²) in [7, 11) is 0. The Morgan fingerprint density at radius 1 is 1.44 bits per heavy atom. The van der Waals surface area contributed by atoms with Crippen molar-refractivity contribution in [2.45, 2.75) is 13.5 Å². The van der Waals surface area contributed by atoms with Crippen molar-refractivity contribution in [3.05, 3.63) is 35.6 Å². The minimum atomic E-state index is -1.05. The number of hydrogen-bond donors (Lipinski definition) is 1. The average Bonchev–Trinajstić information content (AvgIpc) is 2.69. The highest BCUT2D eigenvalue weighted by Gasteiger charge is 2.10. The number of furan rings is 1. The average molecular weight is 220 g/mol. The highest BCUT2D eigenvalue weighted by atomic mass is 16.5. The van der Waals surface area contributed by atoms with Crippen LogP contribution in [-0.4, -0.2) is 17.7 Å². The molecule has 1 aromatic heterocycles. The number of carboxylic acids is 1. The van der Waals surface area contributed by atoms with Gasteiger partial charge in [-0.2, -0.15) is 0 Å². The first-order valence-electron chi connectivity index (χ1n) is 5.04. The Kier molecular flexibility index (Phi) is 2.92. The number of aromatic carboxylic acids is 1. The van der Waals surface area contributed by atoms with E-state index in [4.69, 9.17) is 14.3 Å². The number of ether oxygens (including phenoxy) is 1. The van der Waals surface area contributed by atoms with Crippen molar-refractivity contribution in [2.75, 3.05) is 6.61 Å². The molecule has 0 saturated heterocycles. The molecule has 0 atom stereocenters. The lowest BCUT2D eigenvalue weighted by Crippen LogP contribution is -1.91. The van der Waals surface area contributed by atoms with Gasteiger partial charge in [-0.25, -0.2) is 4.79 Å². The summed E-state index contributed by atoms with van der Waals surface area (Å²) in [6, 6.07) is 7.03. The maximum absolute atomic E-state index is 10.7. The summed E-state index contributed by atoms with van der Waals surface area (Å²) in [6.45, 7) is 3.11. The number of fused-ring (bicyclic) bond motifs is 1. The Morgan fingerprint density at radius 2 is 2.25 bits per heavy atom. The Morgan fingerprint density at radius 3 is 2.94 bits per heavy atom. The molecular formula is C12H12O4. The molecule has 1 heterocycles. The number of carboxylic acid groups (broad SMARTS) is 1. The fourth-order valence-electron chi connectivity index (χ4n) is 1.51. The van der Waals surface area contributed by atoms with Gasteiger partial charge in [0.05, 0.1) is 6.61 Å². The number of carbonyl (C=O) groups is 1. The molecule has 0 amide bonds. The van der Waals surface area contributed by atoms with E-state index in [2.05, 4.69) is 0 Å². The summed E-state index contributed by atoms with van der Waals surface area (Å²) in [5.41, 5.74) is 1.59. The van der Waals surface area contributed by atoms with Gasteiger partial charge in [-0.05, 0) is 30.7 Å². The molecule has 4 heteroatoms. The maximum Gasteiger partial charge on any atom is 0.371 e. The lowest BCUT2D eigenvalue weighted by Gasteiger charge is -2.00. The first-order valence-corrected chi connectivity index (χ1v) is 5.04. The van der Waals surface area contributed by atoms with E-state index in [9.17, 15) is 4.79 Å². The van der Waals surface area contributed by atoms with Crippen molar-refractivity contribution in [1.82, 2.24) is 0 Å². The van der Waals surface area contributed by atoms with Crippen LogP contribution in [0.3, 0.4) is 0 Å². The highest BCUT2D eigenvalue weighted by Crippen LogP contribution is 2.21. The van der Waals surface area contributed by atoms with Gasteiger partial charge in [0, 0.05) is 12.0 Å². The maximum atomic E-state index is 10.7. The second-order valence-electron chi connectivity index (χ2n) is 3.43. The van der Waals surface area contributed by atoms with Crippen LogP contribution in [0.25, 0.3) is 11.0 Å². The topological polar surface area (TPSA) is 59.7 Å². The van der Waals surface area contributed by atoms with Crippen molar-refractivity contribution >= 4 is 16.9 Å². The van der Waals surface area contributed by atoms with Gasteiger partial charge in [0.25, 0.3) is 0 Å². The zero-order valence-corrected chi connectivity index (χ0v) is 8.90. The van der Waals surface area contributed by atoms with Crippen LogP contribution in [0.1, 0.15) is 23.0 Å². The van der Waals surface area contributed by atoms with E-state index in [-0.39, 0.29) is 5.76 Å². The van der Waals surface area contributed by atoms with Gasteiger partial charge in [0.1, 0.15) is 5.58 Å². The molecule has 0 aliphatic heterocycles. The molecule has 0 fully saturated rings. The number of hydrogen-bond acceptors (Lipinski definition) is 3. The molecule has 2 rings (SSSR count). The van der Waals surface area contributed by atoms with Crippen LogP contribution in [-0.2, 0) is 11.3 Å². The first kappa shape index (κ1) is 10.7. The molecule has 0 bridgehead atoms. The molecule has 0 saturated carbocycles. The van der Waals surface area contributed by atoms with Gasteiger partial charge in [0.2, 0.25) is 5.76 Å². The Labute approximate surface area is 92.4 Å². The van der Waals surface area contributed by atoms with E-state index < -0.39 is 5.97 Å². The summed E-state index contributed by atoms with van der Waals surface area (Å²) in [4.78, 5) is 10.7. The van der Waals surface area contributed by atoms with Crippen molar-refractivity contribution in [2.24, 2.45) is 0 Å². The van der Waals surface area contributed by atoms with Crippen molar-refractivity contribution in [3.63, 3.8) is 0 Å². The minimum absolute atomic E-state index is 0.0384. The van der Waals surface area contributed by atoms with Gasteiger partial charge in [-0.15, -0.1) is 0 Å². The predicted molar refractivity (Wildman–Crippen MR) is 58.5 cm³/mol. The van der Waals surface area contributed by atoms with Crippen LogP contribution in [0.5, 0.6) is 0 Å². The molecule has 0 aliphatic carbocycles. The quantitative estimate of drug-likeness (QED) is 0.860. The monoisotopic (exact) mass is 220 g/mol. The lowest BCUT2D eigenvalue weighted by atomic mass is 10.2. The van der Waals surface area contributed by atoms with Gasteiger partial charge in [-0.3, -0.25) is 0 Å². The molecule has 1 aromatic carbocycles. The lowest BCUT2D eigenvalue weighted by molar-refractivity contribution is 0.0665. The second kappa shape index (κ2) is 4.37. The van der Waals surface area contributed by atoms with Crippen LogP contribution < -0.4 is 0 Å². The second-order valence-corrected chi connectivity index (χ2v) is 3.43. The summed E-state index contributed by atoms with van der Waals surface area (Å²) in [5.74, 6) is -1.09. The van der Waals surface area contributed by atoms with E-state index in [0.717, 1.165) is 10.9 Å². The third-order valence-corrected chi connectivity index (χ3v) is 2.26. The van der Waals surface area contributed by atoms with Crippen LogP contribution in [0, 0.1) is 0 Å². The van der Waals surface area contributed by atoms with Crippen molar-refractivity contribution < 1.29 is 19.1 Å². The van der Waals surface area contributed by atoms with Gasteiger partial charge < -0.3 is 14.3 Å². The highest BCUT2D eigenvalue weighted by molar-refractivity contribution is 5.91. The minimum Gasteiger partial charge on any atom is -0.475 e. The zero-order chi connectivity index (χ0) is 11.5. The summed E-state index contributed by atoms with van der Waals surface area (Å²) in [6.07, 6.45) is 0. The molecule has 0 spiro atoms. The van der Waals surface area contributed by atoms with Gasteiger partial charge >= 0.3 is 5.97 Å². The van der Waals surface area contributed by atoms with E-state index in [1.165, 1.54) is 6.07 Å². The Hall–Kier alpha value is -1.81. The molecule has 16 heavy (non-hydrogen) atoms. The van der Waals surface area contributed by atoms with Crippen LogP contribution in [0.15, 0.2) is 28.7 Å². The largest absolute Gasteiger partial charge is 0.475 e. The standard InChI is InChI=1S/C12H12O4/c1-2-15-7-8-3-4-10-9(5-8)6-11(16-10)12(13)14/h3-6H,2,7H2,1H3,(H,13,14). The molecule has 84 valence electrons. The van der Waals surface area contributed by atoms with E-state index in [1.807, 2.05) is 19.1 Å². The smallest absolute Gasteiger partial charge is 0.371 e. The molecule has 0 aliphatic rings. The summed E-state index contributed by atoms with van der Waals surface area (Å²) in [5, 5.41) is 9.56. The van der Waals surface area contributed by atoms with Crippen molar-refractivity contribution in [1.29, 1.82) is 0 Å². The van der Waals surface area contributed by atoms with Crippen LogP contribution in [0.2, 0.25) is 0 Å². The number of benzene rings is 1. The summed E-state index contributed by atoms with van der Waals surface area (Å²) >= 11 is 0. The molecule has 4 nitrogen and oxygen atoms in total. The molecule has 1 N–H and O–H groups in total. The number of rotatable bonds is 4. The fraction of sp³-hybridized carbons (Fsp3) is 0.250. The normalized spacial score (nSPS) is 10.8. The van der Waals surface area contributed by atoms with E-state index in [0.29, 0.717) is 18.8 Å². The zero-order valence-electron chi connectivity index (χ0n) is 8.90. The molecule has 0 unspecified atom stereocenters. The SMILES string of the molecule is CCOCc1ccc2oc(C(=O)O)cc2c1. The van der Waals surface area contributed by atoms with Gasteiger partial charge in [-0.1, -0.05) is 6.07 Å². The van der Waals surface area contributed by atoms with Gasteiger partial charge in [0.15, 0.2) is 0 Å². The van der Waals surface area contributed by atoms with Crippen molar-refractivity contribution in [3.8, 4) is 0 Å². The van der Waals surface area contributed by atoms with Crippen LogP contribution in [0.4, 0.5) is 0 Å². The third-order valence-electron chi connectivity index (χ3n) is 2.26. The van der Waals surface area contributed by atoms with Crippen LogP contribution >= 0.6 is 0 Å². The molecule has 0 radical (unpaired) electrons. The molecular weight excluding hydrogens is 208 g/mol.